The first-order valence-electron chi connectivity index (χ1n) is 5.73. The molecule has 0 unspecified atom stereocenters. The topological polar surface area (TPSA) is 43.2 Å². The molecular formula is C14H12Cl2N2O2. The molecule has 0 bridgehead atoms. The molecule has 0 saturated carbocycles. The minimum absolute atomic E-state index is 0.527. The summed E-state index contributed by atoms with van der Waals surface area (Å²) in [6.07, 6.45) is 0. The van der Waals surface area contributed by atoms with Gasteiger partial charge in [0.2, 0.25) is 0 Å². The van der Waals surface area contributed by atoms with Gasteiger partial charge in [0.25, 0.3) is 0 Å². The Labute approximate surface area is 126 Å². The molecule has 0 fully saturated rings. The first kappa shape index (κ1) is 14.6. The number of nitrogens with zero attached hydrogens (tertiary/aromatic N) is 2. The van der Waals surface area contributed by atoms with E-state index in [1.165, 1.54) is 0 Å². The molecule has 4 nitrogen and oxygen atoms in total. The number of methoxy groups -OCH3 is 2. The van der Waals surface area contributed by atoms with E-state index in [4.69, 9.17) is 32.7 Å². The van der Waals surface area contributed by atoms with Crippen molar-refractivity contribution in [2.45, 2.75) is 0 Å². The van der Waals surface area contributed by atoms with Gasteiger partial charge in [0.05, 0.1) is 35.6 Å². The van der Waals surface area contributed by atoms with Crippen molar-refractivity contribution in [1.29, 1.82) is 0 Å². The minimum Gasteiger partial charge on any atom is -0.495 e. The second kappa shape index (κ2) is 6.59. The molecule has 0 aromatic heterocycles. The standard InChI is InChI=1S/C14H12Cl2N2O2/c1-19-13-7-9(3-5-11(13)15)17-18-10-4-6-12(16)14(8-10)20-2/h3-8H,1-2H3. The summed E-state index contributed by atoms with van der Waals surface area (Å²) in [6.45, 7) is 0. The van der Waals surface area contributed by atoms with Crippen molar-refractivity contribution in [3.05, 3.63) is 46.4 Å². The maximum Gasteiger partial charge on any atom is 0.139 e. The zero-order valence-electron chi connectivity index (χ0n) is 10.9. The molecule has 104 valence electrons. The van der Waals surface area contributed by atoms with E-state index in [-0.39, 0.29) is 0 Å². The third kappa shape index (κ3) is 3.40. The van der Waals surface area contributed by atoms with Crippen molar-refractivity contribution in [2.24, 2.45) is 10.2 Å². The molecule has 2 aromatic carbocycles. The highest BCUT2D eigenvalue weighted by atomic mass is 35.5. The normalized spacial score (nSPS) is 10.8. The van der Waals surface area contributed by atoms with Gasteiger partial charge in [-0.05, 0) is 24.3 Å². The van der Waals surface area contributed by atoms with Crippen LogP contribution in [0.1, 0.15) is 0 Å². The van der Waals surface area contributed by atoms with E-state index in [1.54, 1.807) is 50.6 Å². The van der Waals surface area contributed by atoms with Gasteiger partial charge in [-0.1, -0.05) is 23.2 Å². The number of ether oxygens (including phenoxy) is 2. The van der Waals surface area contributed by atoms with Crippen molar-refractivity contribution in [3.8, 4) is 11.5 Å². The quantitative estimate of drug-likeness (QED) is 0.707. The van der Waals surface area contributed by atoms with Gasteiger partial charge in [-0.15, -0.1) is 0 Å². The molecular weight excluding hydrogens is 299 g/mol. The van der Waals surface area contributed by atoms with E-state index in [2.05, 4.69) is 10.2 Å². The number of halogens is 2. The highest BCUT2D eigenvalue weighted by Gasteiger charge is 2.03. The molecule has 0 N–H and O–H groups in total. The highest BCUT2D eigenvalue weighted by Crippen LogP contribution is 2.32. The van der Waals surface area contributed by atoms with Gasteiger partial charge < -0.3 is 9.47 Å². The third-order valence-corrected chi connectivity index (χ3v) is 3.17. The van der Waals surface area contributed by atoms with Crippen LogP contribution in [0.15, 0.2) is 46.6 Å². The van der Waals surface area contributed by atoms with E-state index < -0.39 is 0 Å². The summed E-state index contributed by atoms with van der Waals surface area (Å²) in [5, 5.41) is 9.29. The second-order valence-corrected chi connectivity index (χ2v) is 4.65. The van der Waals surface area contributed by atoms with E-state index in [0.29, 0.717) is 32.9 Å². The maximum atomic E-state index is 5.94. The number of benzene rings is 2. The van der Waals surface area contributed by atoms with Gasteiger partial charge in [-0.25, -0.2) is 0 Å². The van der Waals surface area contributed by atoms with Gasteiger partial charge in [0.1, 0.15) is 11.5 Å². The maximum absolute atomic E-state index is 5.94. The fourth-order valence-corrected chi connectivity index (χ4v) is 1.93. The van der Waals surface area contributed by atoms with Crippen LogP contribution in [0.3, 0.4) is 0 Å². The van der Waals surface area contributed by atoms with Crippen LogP contribution in [0, 0.1) is 0 Å². The second-order valence-electron chi connectivity index (χ2n) is 3.84. The summed E-state index contributed by atoms with van der Waals surface area (Å²) in [5.74, 6) is 1.11. The molecule has 6 heteroatoms. The van der Waals surface area contributed by atoms with Crippen LogP contribution >= 0.6 is 23.2 Å². The molecule has 20 heavy (non-hydrogen) atoms. The van der Waals surface area contributed by atoms with Crippen molar-refractivity contribution < 1.29 is 9.47 Å². The first-order valence-corrected chi connectivity index (χ1v) is 6.48. The molecule has 0 radical (unpaired) electrons. The lowest BCUT2D eigenvalue weighted by atomic mass is 10.3. The SMILES string of the molecule is COc1cc(N=Nc2ccc(Cl)c(OC)c2)ccc1Cl. The number of hydrogen-bond donors (Lipinski definition) is 0. The summed E-state index contributed by atoms with van der Waals surface area (Å²) < 4.78 is 10.2. The predicted molar refractivity (Wildman–Crippen MR) is 80.2 cm³/mol. The predicted octanol–water partition coefficient (Wildman–Crippen LogP) is 5.43. The van der Waals surface area contributed by atoms with E-state index in [9.17, 15) is 0 Å². The fraction of sp³-hybridized carbons (Fsp3) is 0.143. The van der Waals surface area contributed by atoms with Crippen LogP contribution in [-0.4, -0.2) is 14.2 Å². The zero-order valence-corrected chi connectivity index (χ0v) is 12.4. The Morgan fingerprint density at radius 3 is 1.50 bits per heavy atom. The van der Waals surface area contributed by atoms with Gasteiger partial charge in [0, 0.05) is 12.1 Å². The summed E-state index contributed by atoms with van der Waals surface area (Å²) in [7, 11) is 3.10. The Morgan fingerprint density at radius 2 is 1.15 bits per heavy atom. The summed E-state index contributed by atoms with van der Waals surface area (Å²) in [6, 6.07) is 10.3. The monoisotopic (exact) mass is 310 g/mol. The largest absolute Gasteiger partial charge is 0.495 e. The minimum atomic E-state index is 0.527. The van der Waals surface area contributed by atoms with E-state index >= 15 is 0 Å². The first-order chi connectivity index (χ1) is 9.63. The summed E-state index contributed by atoms with van der Waals surface area (Å²) in [4.78, 5) is 0. The molecule has 0 spiro atoms. The molecule has 0 aliphatic rings. The smallest absolute Gasteiger partial charge is 0.139 e. The molecule has 0 atom stereocenters. The van der Waals surface area contributed by atoms with Gasteiger partial charge >= 0.3 is 0 Å². The van der Waals surface area contributed by atoms with Crippen LogP contribution in [0.5, 0.6) is 11.5 Å². The third-order valence-electron chi connectivity index (χ3n) is 2.55. The van der Waals surface area contributed by atoms with E-state index in [0.717, 1.165) is 0 Å². The Morgan fingerprint density at radius 1 is 0.750 bits per heavy atom. The Balaban J connectivity index is 2.25. The summed E-state index contributed by atoms with van der Waals surface area (Å²) >= 11 is 11.9. The van der Waals surface area contributed by atoms with Gasteiger partial charge in [-0.3, -0.25) is 0 Å². The molecule has 0 aliphatic carbocycles. The van der Waals surface area contributed by atoms with Crippen molar-refractivity contribution >= 4 is 34.6 Å². The van der Waals surface area contributed by atoms with Gasteiger partial charge in [-0.2, -0.15) is 10.2 Å². The number of hydrogen-bond acceptors (Lipinski definition) is 4. The Hall–Kier alpha value is -1.78. The average molecular weight is 311 g/mol. The molecule has 0 heterocycles. The lowest BCUT2D eigenvalue weighted by molar-refractivity contribution is 0.415. The average Bonchev–Trinajstić information content (AvgIpc) is 2.47. The Kier molecular flexibility index (Phi) is 4.82. The van der Waals surface area contributed by atoms with Crippen LogP contribution in [-0.2, 0) is 0 Å². The van der Waals surface area contributed by atoms with Crippen LogP contribution < -0.4 is 9.47 Å². The van der Waals surface area contributed by atoms with Crippen molar-refractivity contribution in [3.63, 3.8) is 0 Å². The number of rotatable bonds is 4. The fourth-order valence-electron chi connectivity index (χ4n) is 1.54. The van der Waals surface area contributed by atoms with Gasteiger partial charge in [0.15, 0.2) is 0 Å². The zero-order chi connectivity index (χ0) is 14.5. The molecule has 2 rings (SSSR count). The number of azo groups is 1. The molecule has 0 aliphatic heterocycles. The lowest BCUT2D eigenvalue weighted by Gasteiger charge is -2.03. The Bertz CT molecular complexity index is 590. The molecule has 0 saturated heterocycles. The van der Waals surface area contributed by atoms with Crippen LogP contribution in [0.2, 0.25) is 10.0 Å². The van der Waals surface area contributed by atoms with Crippen molar-refractivity contribution in [1.82, 2.24) is 0 Å². The lowest BCUT2D eigenvalue weighted by Crippen LogP contribution is -1.83. The van der Waals surface area contributed by atoms with Crippen LogP contribution in [0.4, 0.5) is 11.4 Å². The van der Waals surface area contributed by atoms with Crippen LogP contribution in [0.25, 0.3) is 0 Å². The molecule has 0 amide bonds. The van der Waals surface area contributed by atoms with E-state index in [1.807, 2.05) is 0 Å². The van der Waals surface area contributed by atoms with Crippen molar-refractivity contribution in [2.75, 3.05) is 14.2 Å². The highest BCUT2D eigenvalue weighted by molar-refractivity contribution is 6.32. The summed E-state index contributed by atoms with van der Waals surface area (Å²) in [5.41, 5.74) is 1.28. The molecule has 2 aromatic rings.